The minimum Gasteiger partial charge on any atom is -0.383 e. The summed E-state index contributed by atoms with van der Waals surface area (Å²) < 4.78 is 13.5. The van der Waals surface area contributed by atoms with Crippen LogP contribution in [0.15, 0.2) is 24.5 Å². The van der Waals surface area contributed by atoms with Gasteiger partial charge in [0.05, 0.1) is 6.04 Å². The molecule has 1 aromatic carbocycles. The number of anilines is 2. The highest BCUT2D eigenvalue weighted by molar-refractivity contribution is 5.54. The summed E-state index contributed by atoms with van der Waals surface area (Å²) in [5.41, 5.74) is 8.02. The Morgan fingerprint density at radius 2 is 2.00 bits per heavy atom. The summed E-state index contributed by atoms with van der Waals surface area (Å²) in [6.45, 7) is 5.54. The molecule has 0 radical (unpaired) electrons. The Balaban J connectivity index is 2.23. The largest absolute Gasteiger partial charge is 0.383 e. The molecule has 1 unspecified atom stereocenters. The van der Waals surface area contributed by atoms with Crippen LogP contribution in [0.4, 0.5) is 16.0 Å². The molecule has 100 valence electrons. The maximum absolute atomic E-state index is 13.5. The van der Waals surface area contributed by atoms with Crippen LogP contribution < -0.4 is 11.1 Å². The molecule has 0 aliphatic carbocycles. The van der Waals surface area contributed by atoms with Gasteiger partial charge < -0.3 is 11.1 Å². The molecule has 0 aliphatic rings. The van der Waals surface area contributed by atoms with E-state index in [4.69, 9.17) is 5.73 Å². The van der Waals surface area contributed by atoms with Crippen LogP contribution in [-0.4, -0.2) is 9.97 Å². The Kier molecular flexibility index (Phi) is 3.64. The van der Waals surface area contributed by atoms with Gasteiger partial charge in [-0.2, -0.15) is 0 Å². The molecular formula is C14H17FN4. The van der Waals surface area contributed by atoms with Crippen LogP contribution in [0.25, 0.3) is 0 Å². The first-order chi connectivity index (χ1) is 8.99. The number of nitrogen functional groups attached to an aromatic ring is 1. The number of halogens is 1. The fraction of sp³-hybridized carbons (Fsp3) is 0.286. The lowest BCUT2D eigenvalue weighted by atomic mass is 10.1. The monoisotopic (exact) mass is 260 g/mol. The lowest BCUT2D eigenvalue weighted by molar-refractivity contribution is 0.614. The lowest BCUT2D eigenvalue weighted by Crippen LogP contribution is -2.11. The first-order valence-electron chi connectivity index (χ1n) is 6.08. The van der Waals surface area contributed by atoms with E-state index in [1.807, 2.05) is 19.9 Å². The van der Waals surface area contributed by atoms with E-state index in [9.17, 15) is 4.39 Å². The van der Waals surface area contributed by atoms with E-state index in [1.54, 1.807) is 13.0 Å². The van der Waals surface area contributed by atoms with Crippen molar-refractivity contribution in [3.05, 3.63) is 47.0 Å². The standard InChI is InChI=1S/C14H17FN4/c1-8-4-5-11(6-12(8)15)10(3)19-14-9(2)13(16)17-7-18-14/h4-7,10H,1-3H3,(H3,16,17,18,19). The molecule has 0 spiro atoms. The number of aryl methyl sites for hydroxylation is 1. The van der Waals surface area contributed by atoms with Gasteiger partial charge >= 0.3 is 0 Å². The molecule has 0 bridgehead atoms. The SMILES string of the molecule is Cc1ccc(C(C)Nc2ncnc(N)c2C)cc1F. The van der Waals surface area contributed by atoms with Crippen LogP contribution in [0, 0.1) is 19.7 Å². The summed E-state index contributed by atoms with van der Waals surface area (Å²) >= 11 is 0. The molecule has 0 saturated heterocycles. The van der Waals surface area contributed by atoms with E-state index in [0.717, 1.165) is 11.1 Å². The Labute approximate surface area is 111 Å². The van der Waals surface area contributed by atoms with Crippen molar-refractivity contribution >= 4 is 11.6 Å². The predicted octanol–water partition coefficient (Wildman–Crippen LogP) is 2.99. The van der Waals surface area contributed by atoms with E-state index in [1.165, 1.54) is 12.4 Å². The molecule has 1 heterocycles. The van der Waals surface area contributed by atoms with Crippen molar-refractivity contribution in [2.45, 2.75) is 26.8 Å². The van der Waals surface area contributed by atoms with Gasteiger partial charge in [0, 0.05) is 5.56 Å². The third-order valence-corrected chi connectivity index (χ3v) is 3.17. The maximum atomic E-state index is 13.5. The molecule has 0 aliphatic heterocycles. The molecule has 5 heteroatoms. The molecule has 1 atom stereocenters. The van der Waals surface area contributed by atoms with Gasteiger partial charge in [-0.3, -0.25) is 0 Å². The Bertz CT molecular complexity index is 598. The van der Waals surface area contributed by atoms with Crippen molar-refractivity contribution in [1.29, 1.82) is 0 Å². The third kappa shape index (κ3) is 2.81. The summed E-state index contributed by atoms with van der Waals surface area (Å²) in [5, 5.41) is 3.22. The number of nitrogens with zero attached hydrogens (tertiary/aromatic N) is 2. The molecule has 0 fully saturated rings. The summed E-state index contributed by atoms with van der Waals surface area (Å²) in [5.74, 6) is 0.908. The second-order valence-electron chi connectivity index (χ2n) is 4.61. The number of nitrogens with one attached hydrogen (secondary N) is 1. The molecule has 2 rings (SSSR count). The van der Waals surface area contributed by atoms with E-state index in [2.05, 4.69) is 15.3 Å². The van der Waals surface area contributed by atoms with Crippen molar-refractivity contribution in [1.82, 2.24) is 9.97 Å². The van der Waals surface area contributed by atoms with Gasteiger partial charge in [-0.15, -0.1) is 0 Å². The van der Waals surface area contributed by atoms with Crippen LogP contribution in [0.3, 0.4) is 0 Å². The topological polar surface area (TPSA) is 63.8 Å². The fourth-order valence-corrected chi connectivity index (χ4v) is 1.78. The van der Waals surface area contributed by atoms with Gasteiger partial charge in [-0.25, -0.2) is 14.4 Å². The van der Waals surface area contributed by atoms with Gasteiger partial charge in [0.25, 0.3) is 0 Å². The van der Waals surface area contributed by atoms with Gasteiger partial charge in [0.2, 0.25) is 0 Å². The van der Waals surface area contributed by atoms with Crippen molar-refractivity contribution in [2.24, 2.45) is 0 Å². The molecule has 0 amide bonds. The van der Waals surface area contributed by atoms with Crippen LogP contribution in [0.5, 0.6) is 0 Å². The molecular weight excluding hydrogens is 243 g/mol. The minimum absolute atomic E-state index is 0.0666. The van der Waals surface area contributed by atoms with Crippen molar-refractivity contribution < 1.29 is 4.39 Å². The highest BCUT2D eigenvalue weighted by atomic mass is 19.1. The second kappa shape index (κ2) is 5.22. The Morgan fingerprint density at radius 3 is 2.68 bits per heavy atom. The van der Waals surface area contributed by atoms with Gasteiger partial charge in [0.1, 0.15) is 23.8 Å². The van der Waals surface area contributed by atoms with Crippen LogP contribution >= 0.6 is 0 Å². The number of hydrogen-bond acceptors (Lipinski definition) is 4. The summed E-state index contributed by atoms with van der Waals surface area (Å²) in [7, 11) is 0. The molecule has 2 aromatic rings. The molecule has 19 heavy (non-hydrogen) atoms. The number of benzene rings is 1. The van der Waals surface area contributed by atoms with Crippen molar-refractivity contribution in [2.75, 3.05) is 11.1 Å². The van der Waals surface area contributed by atoms with E-state index in [0.29, 0.717) is 17.2 Å². The van der Waals surface area contributed by atoms with Crippen molar-refractivity contribution in [3.63, 3.8) is 0 Å². The number of aromatic nitrogens is 2. The number of rotatable bonds is 3. The summed E-state index contributed by atoms with van der Waals surface area (Å²) in [6.07, 6.45) is 1.41. The average molecular weight is 260 g/mol. The molecule has 1 aromatic heterocycles. The van der Waals surface area contributed by atoms with Crippen LogP contribution in [0.2, 0.25) is 0 Å². The average Bonchev–Trinajstić information content (AvgIpc) is 2.38. The highest BCUT2D eigenvalue weighted by Crippen LogP contribution is 2.23. The van der Waals surface area contributed by atoms with Gasteiger partial charge in [0.15, 0.2) is 0 Å². The predicted molar refractivity (Wildman–Crippen MR) is 74.4 cm³/mol. The quantitative estimate of drug-likeness (QED) is 0.890. The van der Waals surface area contributed by atoms with Crippen LogP contribution in [0.1, 0.15) is 29.7 Å². The number of hydrogen-bond donors (Lipinski definition) is 2. The Morgan fingerprint density at radius 1 is 1.26 bits per heavy atom. The molecule has 3 N–H and O–H groups in total. The van der Waals surface area contributed by atoms with E-state index < -0.39 is 0 Å². The zero-order valence-electron chi connectivity index (χ0n) is 11.2. The van der Waals surface area contributed by atoms with Gasteiger partial charge in [-0.1, -0.05) is 12.1 Å². The maximum Gasteiger partial charge on any atom is 0.134 e. The first kappa shape index (κ1) is 13.3. The zero-order chi connectivity index (χ0) is 14.0. The molecule has 4 nitrogen and oxygen atoms in total. The number of nitrogens with two attached hydrogens (primary N) is 1. The first-order valence-corrected chi connectivity index (χ1v) is 6.08. The lowest BCUT2D eigenvalue weighted by Gasteiger charge is -2.17. The molecule has 0 saturated carbocycles. The van der Waals surface area contributed by atoms with Crippen molar-refractivity contribution in [3.8, 4) is 0 Å². The second-order valence-corrected chi connectivity index (χ2v) is 4.61. The smallest absolute Gasteiger partial charge is 0.134 e. The Hall–Kier alpha value is -2.17. The third-order valence-electron chi connectivity index (χ3n) is 3.17. The fourth-order valence-electron chi connectivity index (χ4n) is 1.78. The van der Waals surface area contributed by atoms with Gasteiger partial charge in [-0.05, 0) is 38.0 Å². The summed E-state index contributed by atoms with van der Waals surface area (Å²) in [6, 6.07) is 5.13. The van der Waals surface area contributed by atoms with E-state index >= 15 is 0 Å². The zero-order valence-corrected chi connectivity index (χ0v) is 11.2. The normalized spacial score (nSPS) is 12.2. The van der Waals surface area contributed by atoms with Crippen LogP contribution in [-0.2, 0) is 0 Å². The van der Waals surface area contributed by atoms with E-state index in [-0.39, 0.29) is 11.9 Å². The highest BCUT2D eigenvalue weighted by Gasteiger charge is 2.11. The minimum atomic E-state index is -0.204. The summed E-state index contributed by atoms with van der Waals surface area (Å²) in [4.78, 5) is 8.06.